The lowest BCUT2D eigenvalue weighted by Gasteiger charge is -2.47. The minimum atomic E-state index is -0.00758. The number of hydrogen-bond donors (Lipinski definition) is 0. The van der Waals surface area contributed by atoms with Crippen molar-refractivity contribution >= 4 is 23.6 Å². The zero-order valence-corrected chi connectivity index (χ0v) is 17.4. The molecule has 6 nitrogen and oxygen atoms in total. The Bertz CT molecular complexity index is 761. The van der Waals surface area contributed by atoms with E-state index < -0.39 is 0 Å². The molecule has 1 unspecified atom stereocenters. The number of carbonyl (C=O) groups is 2. The Balaban J connectivity index is 1.25. The molecule has 28 heavy (non-hydrogen) atoms. The third kappa shape index (κ3) is 4.15. The van der Waals surface area contributed by atoms with Crippen LogP contribution in [0.3, 0.4) is 0 Å². The molecule has 1 atom stereocenters. The average Bonchev–Trinajstić information content (AvgIpc) is 3.09. The molecule has 7 heteroatoms. The minimum absolute atomic E-state index is 0.00758. The van der Waals surface area contributed by atoms with Crippen molar-refractivity contribution < 1.29 is 19.1 Å². The predicted octanol–water partition coefficient (Wildman–Crippen LogP) is 1.75. The number of carbonyl (C=O) groups excluding carboxylic acids is 2. The number of fused-ring (bicyclic) bond motifs is 1. The van der Waals surface area contributed by atoms with E-state index in [1.54, 1.807) is 19.0 Å². The molecule has 0 bridgehead atoms. The van der Waals surface area contributed by atoms with E-state index in [0.717, 1.165) is 56.0 Å². The van der Waals surface area contributed by atoms with E-state index in [1.807, 2.05) is 28.8 Å². The molecule has 1 aromatic carbocycles. The van der Waals surface area contributed by atoms with E-state index in [9.17, 15) is 9.59 Å². The number of likely N-dealkylation sites (tertiary alicyclic amines) is 1. The number of hydrogen-bond acceptors (Lipinski definition) is 5. The highest BCUT2D eigenvalue weighted by molar-refractivity contribution is 8.01. The Morgan fingerprint density at radius 3 is 2.96 bits per heavy atom. The molecule has 3 heterocycles. The van der Waals surface area contributed by atoms with Gasteiger partial charge in [0.25, 0.3) is 0 Å². The van der Waals surface area contributed by atoms with Gasteiger partial charge in [-0.25, -0.2) is 0 Å². The normalized spacial score (nSPS) is 22.4. The first-order valence-electron chi connectivity index (χ1n) is 9.92. The molecule has 2 saturated heterocycles. The number of rotatable bonds is 5. The highest BCUT2D eigenvalue weighted by Crippen LogP contribution is 2.46. The van der Waals surface area contributed by atoms with Crippen molar-refractivity contribution in [2.24, 2.45) is 0 Å². The second-order valence-corrected chi connectivity index (χ2v) is 9.73. The Hall–Kier alpha value is -1.73. The maximum atomic E-state index is 12.7. The van der Waals surface area contributed by atoms with Gasteiger partial charge in [0.1, 0.15) is 12.4 Å². The molecule has 0 aromatic heterocycles. The monoisotopic (exact) mass is 404 g/mol. The Labute approximate surface area is 170 Å². The molecule has 1 spiro atoms. The predicted molar refractivity (Wildman–Crippen MR) is 109 cm³/mol. The van der Waals surface area contributed by atoms with Crippen LogP contribution in [0.1, 0.15) is 24.0 Å². The summed E-state index contributed by atoms with van der Waals surface area (Å²) in [6.07, 6.45) is 3.54. The van der Waals surface area contributed by atoms with E-state index in [1.165, 1.54) is 5.56 Å². The minimum Gasteiger partial charge on any atom is -0.493 e. The molecule has 0 radical (unpaired) electrons. The molecule has 3 aliphatic rings. The van der Waals surface area contributed by atoms with E-state index in [4.69, 9.17) is 9.47 Å². The molecule has 152 valence electrons. The maximum absolute atomic E-state index is 12.7. The molecule has 0 aliphatic carbocycles. The summed E-state index contributed by atoms with van der Waals surface area (Å²) in [6.45, 7) is 2.49. The Kier molecular flexibility index (Phi) is 5.56. The highest BCUT2D eigenvalue weighted by atomic mass is 32.2. The number of thioether (sulfide) groups is 1. The van der Waals surface area contributed by atoms with Gasteiger partial charge in [0.2, 0.25) is 11.8 Å². The smallest absolute Gasteiger partial charge is 0.248 e. The molecule has 2 fully saturated rings. The second-order valence-electron chi connectivity index (χ2n) is 8.24. The maximum Gasteiger partial charge on any atom is 0.248 e. The van der Waals surface area contributed by atoms with Gasteiger partial charge in [0.15, 0.2) is 0 Å². The van der Waals surface area contributed by atoms with Crippen molar-refractivity contribution in [2.45, 2.75) is 36.5 Å². The van der Waals surface area contributed by atoms with E-state index in [-0.39, 0.29) is 29.3 Å². The van der Waals surface area contributed by atoms with Gasteiger partial charge in [-0.3, -0.25) is 9.59 Å². The largest absolute Gasteiger partial charge is 0.493 e. The Morgan fingerprint density at radius 1 is 1.36 bits per heavy atom. The number of benzene rings is 1. The van der Waals surface area contributed by atoms with Crippen LogP contribution in [0.5, 0.6) is 5.75 Å². The summed E-state index contributed by atoms with van der Waals surface area (Å²) in [5.74, 6) is 2.04. The number of amides is 2. The van der Waals surface area contributed by atoms with Crippen molar-refractivity contribution in [1.82, 2.24) is 9.80 Å². The van der Waals surface area contributed by atoms with Crippen LogP contribution >= 0.6 is 11.8 Å². The SMILES string of the molecule is CN(C)C(=O)COC1CSC2(C1)CN(C(=O)Cc1ccc3c(c1)CCCO3)C2. The first-order valence-corrected chi connectivity index (χ1v) is 10.9. The van der Waals surface area contributed by atoms with Crippen LogP contribution in [0.15, 0.2) is 18.2 Å². The summed E-state index contributed by atoms with van der Waals surface area (Å²) in [6, 6.07) is 6.13. The van der Waals surface area contributed by atoms with Crippen molar-refractivity contribution in [3.05, 3.63) is 29.3 Å². The van der Waals surface area contributed by atoms with Gasteiger partial charge in [-0.15, -0.1) is 11.8 Å². The number of ether oxygens (including phenoxy) is 2. The highest BCUT2D eigenvalue weighted by Gasteiger charge is 2.50. The number of aryl methyl sites for hydroxylation is 1. The summed E-state index contributed by atoms with van der Waals surface area (Å²) in [4.78, 5) is 27.9. The van der Waals surface area contributed by atoms with Crippen molar-refractivity contribution in [2.75, 3.05) is 46.2 Å². The molecule has 2 amide bonds. The van der Waals surface area contributed by atoms with Crippen LogP contribution in [0.25, 0.3) is 0 Å². The van der Waals surface area contributed by atoms with Crippen LogP contribution in [0, 0.1) is 0 Å². The van der Waals surface area contributed by atoms with E-state index in [0.29, 0.717) is 6.42 Å². The van der Waals surface area contributed by atoms with Crippen LogP contribution in [-0.4, -0.2) is 78.6 Å². The van der Waals surface area contributed by atoms with Crippen molar-refractivity contribution in [1.29, 1.82) is 0 Å². The summed E-state index contributed by atoms with van der Waals surface area (Å²) < 4.78 is 11.5. The van der Waals surface area contributed by atoms with Gasteiger partial charge in [0, 0.05) is 32.9 Å². The topological polar surface area (TPSA) is 59.1 Å². The molecule has 0 saturated carbocycles. The van der Waals surface area contributed by atoms with E-state index >= 15 is 0 Å². The molecule has 4 rings (SSSR count). The third-order valence-corrected chi connectivity index (χ3v) is 7.33. The quantitative estimate of drug-likeness (QED) is 0.748. The van der Waals surface area contributed by atoms with Gasteiger partial charge in [-0.05, 0) is 36.5 Å². The molecule has 3 aliphatic heterocycles. The van der Waals surface area contributed by atoms with Crippen LogP contribution in [0.4, 0.5) is 0 Å². The molecule has 1 aromatic rings. The zero-order valence-electron chi connectivity index (χ0n) is 16.6. The first kappa shape index (κ1) is 19.6. The van der Waals surface area contributed by atoms with Crippen LogP contribution < -0.4 is 4.74 Å². The molecule has 0 N–H and O–H groups in total. The summed E-state index contributed by atoms with van der Waals surface area (Å²) >= 11 is 1.89. The van der Waals surface area contributed by atoms with E-state index in [2.05, 4.69) is 6.07 Å². The second kappa shape index (κ2) is 7.95. The first-order chi connectivity index (χ1) is 13.4. The molecular formula is C21H28N2O4S. The lowest BCUT2D eigenvalue weighted by Crippen LogP contribution is -2.61. The number of likely N-dealkylation sites (N-methyl/N-ethyl adjacent to an activating group) is 1. The summed E-state index contributed by atoms with van der Waals surface area (Å²) in [7, 11) is 3.48. The molecular weight excluding hydrogens is 376 g/mol. The summed E-state index contributed by atoms with van der Waals surface area (Å²) in [5.41, 5.74) is 2.29. The fraction of sp³-hybridized carbons (Fsp3) is 0.619. The summed E-state index contributed by atoms with van der Waals surface area (Å²) in [5, 5.41) is 0. The zero-order chi connectivity index (χ0) is 19.7. The fourth-order valence-electron chi connectivity index (χ4n) is 4.08. The lowest BCUT2D eigenvalue weighted by molar-refractivity contribution is -0.137. The van der Waals surface area contributed by atoms with Crippen molar-refractivity contribution in [3.8, 4) is 5.75 Å². The van der Waals surface area contributed by atoms with Gasteiger partial charge < -0.3 is 19.3 Å². The van der Waals surface area contributed by atoms with Gasteiger partial charge in [-0.1, -0.05) is 12.1 Å². The van der Waals surface area contributed by atoms with Gasteiger partial charge in [-0.2, -0.15) is 0 Å². The lowest BCUT2D eigenvalue weighted by atomic mass is 9.92. The fourth-order valence-corrected chi connectivity index (χ4v) is 5.64. The van der Waals surface area contributed by atoms with Gasteiger partial charge >= 0.3 is 0 Å². The average molecular weight is 405 g/mol. The van der Waals surface area contributed by atoms with Crippen molar-refractivity contribution in [3.63, 3.8) is 0 Å². The van der Waals surface area contributed by atoms with Crippen LogP contribution in [-0.2, 0) is 27.2 Å². The van der Waals surface area contributed by atoms with Gasteiger partial charge in [0.05, 0.1) is 23.9 Å². The third-order valence-electron chi connectivity index (χ3n) is 5.76. The number of nitrogens with zero attached hydrogens (tertiary/aromatic N) is 2. The van der Waals surface area contributed by atoms with Crippen LogP contribution in [0.2, 0.25) is 0 Å². The Morgan fingerprint density at radius 2 is 2.18 bits per heavy atom. The standard InChI is InChI=1S/C21H28N2O4S/c1-22(2)20(25)11-27-17-10-21(28-12-17)13-23(14-21)19(24)9-15-5-6-18-16(8-15)4-3-7-26-18/h5-6,8,17H,3-4,7,9-14H2,1-2H3.